The van der Waals surface area contributed by atoms with Crippen LogP contribution in [0.15, 0.2) is 0 Å². The van der Waals surface area contributed by atoms with Crippen molar-refractivity contribution in [2.75, 3.05) is 6.54 Å². The molecule has 0 saturated heterocycles. The van der Waals surface area contributed by atoms with Crippen molar-refractivity contribution in [3.05, 3.63) is 0 Å². The second-order valence-corrected chi connectivity index (χ2v) is 7.35. The van der Waals surface area contributed by atoms with Crippen molar-refractivity contribution in [3.63, 3.8) is 0 Å². The van der Waals surface area contributed by atoms with Crippen molar-refractivity contribution >= 4 is 18.3 Å². The average molecular weight is 315 g/mol. The van der Waals surface area contributed by atoms with E-state index in [2.05, 4.69) is 4.90 Å². The van der Waals surface area contributed by atoms with Gasteiger partial charge in [-0.15, -0.1) is 12.4 Å². The fourth-order valence-corrected chi connectivity index (χ4v) is 4.14. The summed E-state index contributed by atoms with van der Waals surface area (Å²) in [5.41, 5.74) is 6.07. The molecule has 3 rings (SSSR count). The van der Waals surface area contributed by atoms with Gasteiger partial charge in [-0.05, 0) is 50.9 Å². The van der Waals surface area contributed by atoms with Crippen molar-refractivity contribution in [2.45, 2.75) is 82.7 Å². The first kappa shape index (κ1) is 17.1. The molecule has 0 aromatic carbocycles. The Balaban J connectivity index is 0.00000161. The van der Waals surface area contributed by atoms with Gasteiger partial charge >= 0.3 is 0 Å². The van der Waals surface area contributed by atoms with Crippen LogP contribution in [0.5, 0.6) is 0 Å². The lowest BCUT2D eigenvalue weighted by molar-refractivity contribution is -0.138. The normalized spacial score (nSPS) is 30.5. The van der Waals surface area contributed by atoms with Gasteiger partial charge in [-0.1, -0.05) is 25.7 Å². The third-order valence-electron chi connectivity index (χ3n) is 5.51. The second kappa shape index (κ2) is 7.82. The third kappa shape index (κ3) is 4.59. The van der Waals surface area contributed by atoms with Crippen LogP contribution in [0, 0.1) is 11.8 Å². The van der Waals surface area contributed by atoms with E-state index in [-0.39, 0.29) is 24.4 Å². The predicted molar refractivity (Wildman–Crippen MR) is 88.5 cm³/mol. The fourth-order valence-electron chi connectivity index (χ4n) is 4.14. The molecule has 2 unspecified atom stereocenters. The molecule has 2 N–H and O–H groups in total. The van der Waals surface area contributed by atoms with Gasteiger partial charge in [0.1, 0.15) is 0 Å². The van der Waals surface area contributed by atoms with Crippen LogP contribution in [0.4, 0.5) is 0 Å². The van der Waals surface area contributed by atoms with Crippen LogP contribution in [-0.4, -0.2) is 29.4 Å². The smallest absolute Gasteiger partial charge is 0.225 e. The van der Waals surface area contributed by atoms with E-state index in [0.717, 1.165) is 38.1 Å². The Morgan fingerprint density at radius 3 is 2.29 bits per heavy atom. The van der Waals surface area contributed by atoms with E-state index >= 15 is 0 Å². The first-order chi connectivity index (χ1) is 9.74. The van der Waals surface area contributed by atoms with Crippen LogP contribution in [0.2, 0.25) is 0 Å². The maximum atomic E-state index is 12.9. The van der Waals surface area contributed by atoms with Crippen molar-refractivity contribution in [1.82, 2.24) is 4.90 Å². The van der Waals surface area contributed by atoms with E-state index < -0.39 is 0 Å². The van der Waals surface area contributed by atoms with Gasteiger partial charge in [0.2, 0.25) is 5.91 Å². The summed E-state index contributed by atoms with van der Waals surface area (Å²) in [7, 11) is 0. The minimum absolute atomic E-state index is 0. The van der Waals surface area contributed by atoms with Crippen LogP contribution in [0.25, 0.3) is 0 Å². The van der Waals surface area contributed by atoms with Crippen molar-refractivity contribution in [2.24, 2.45) is 17.6 Å². The summed E-state index contributed by atoms with van der Waals surface area (Å²) in [5, 5.41) is 0. The Hall–Kier alpha value is -0.280. The van der Waals surface area contributed by atoms with Crippen molar-refractivity contribution in [3.8, 4) is 0 Å². The van der Waals surface area contributed by atoms with Gasteiger partial charge in [-0.25, -0.2) is 0 Å². The van der Waals surface area contributed by atoms with Crippen LogP contribution < -0.4 is 5.73 Å². The molecular formula is C17H31ClN2O. The number of carbonyl (C=O) groups excluding carboxylic acids is 1. The van der Waals surface area contributed by atoms with Crippen LogP contribution in [-0.2, 0) is 4.79 Å². The lowest BCUT2D eigenvalue weighted by Gasteiger charge is -2.34. The summed E-state index contributed by atoms with van der Waals surface area (Å²) < 4.78 is 0. The van der Waals surface area contributed by atoms with E-state index in [4.69, 9.17) is 5.73 Å². The molecular weight excluding hydrogens is 284 g/mol. The molecule has 0 bridgehead atoms. The van der Waals surface area contributed by atoms with Gasteiger partial charge in [-0.2, -0.15) is 0 Å². The number of hydrogen-bond donors (Lipinski definition) is 1. The molecule has 21 heavy (non-hydrogen) atoms. The summed E-state index contributed by atoms with van der Waals surface area (Å²) in [6.07, 6.45) is 13.5. The molecule has 0 aliphatic heterocycles. The molecule has 0 aromatic heterocycles. The standard InChI is InChI=1S/C17H30N2O.ClH/c18-15-8-4-7-14(11-15)17(20)19(16-9-10-16)12-13-5-2-1-3-6-13;/h13-16H,1-12,18H2;1H. The largest absolute Gasteiger partial charge is 0.339 e. The Bertz CT molecular complexity index is 340. The summed E-state index contributed by atoms with van der Waals surface area (Å²) in [6, 6.07) is 0.830. The summed E-state index contributed by atoms with van der Waals surface area (Å²) >= 11 is 0. The average Bonchev–Trinajstić information content (AvgIpc) is 3.30. The minimum Gasteiger partial charge on any atom is -0.339 e. The molecule has 4 heteroatoms. The van der Waals surface area contributed by atoms with Crippen molar-refractivity contribution in [1.29, 1.82) is 0 Å². The summed E-state index contributed by atoms with van der Waals surface area (Å²) in [4.78, 5) is 15.1. The zero-order valence-electron chi connectivity index (χ0n) is 13.1. The number of amides is 1. The number of nitrogens with zero attached hydrogens (tertiary/aromatic N) is 1. The second-order valence-electron chi connectivity index (χ2n) is 7.35. The van der Waals surface area contributed by atoms with Gasteiger partial charge in [-0.3, -0.25) is 4.79 Å². The molecule has 3 nitrogen and oxygen atoms in total. The monoisotopic (exact) mass is 314 g/mol. The number of hydrogen-bond acceptors (Lipinski definition) is 2. The molecule has 0 radical (unpaired) electrons. The molecule has 3 aliphatic rings. The van der Waals surface area contributed by atoms with Crippen LogP contribution in [0.1, 0.15) is 70.6 Å². The van der Waals surface area contributed by atoms with E-state index in [1.807, 2.05) is 0 Å². The number of halogens is 1. The zero-order valence-corrected chi connectivity index (χ0v) is 14.0. The number of carbonyl (C=O) groups is 1. The quantitative estimate of drug-likeness (QED) is 0.863. The lowest BCUT2D eigenvalue weighted by Crippen LogP contribution is -2.44. The molecule has 122 valence electrons. The van der Waals surface area contributed by atoms with Crippen LogP contribution in [0.3, 0.4) is 0 Å². The molecule has 0 heterocycles. The molecule has 3 saturated carbocycles. The topological polar surface area (TPSA) is 46.3 Å². The lowest BCUT2D eigenvalue weighted by atomic mass is 9.84. The van der Waals surface area contributed by atoms with Crippen molar-refractivity contribution < 1.29 is 4.79 Å². The highest BCUT2D eigenvalue weighted by Gasteiger charge is 2.38. The summed E-state index contributed by atoms with van der Waals surface area (Å²) in [5.74, 6) is 1.43. The first-order valence-corrected chi connectivity index (χ1v) is 8.80. The Kier molecular flexibility index (Phi) is 6.36. The van der Waals surface area contributed by atoms with E-state index in [1.54, 1.807) is 0 Å². The molecule has 1 amide bonds. The van der Waals surface area contributed by atoms with Gasteiger partial charge in [0.15, 0.2) is 0 Å². The molecule has 0 spiro atoms. The van der Waals surface area contributed by atoms with Crippen LogP contribution >= 0.6 is 12.4 Å². The van der Waals surface area contributed by atoms with Gasteiger partial charge in [0, 0.05) is 24.5 Å². The molecule has 2 atom stereocenters. The highest BCUT2D eigenvalue weighted by Crippen LogP contribution is 2.34. The number of nitrogens with two attached hydrogens (primary N) is 1. The Morgan fingerprint density at radius 2 is 1.67 bits per heavy atom. The minimum atomic E-state index is 0. The predicted octanol–water partition coefficient (Wildman–Crippen LogP) is 3.50. The molecule has 0 aromatic rings. The van der Waals surface area contributed by atoms with Gasteiger partial charge in [0.05, 0.1) is 0 Å². The zero-order chi connectivity index (χ0) is 13.9. The highest BCUT2D eigenvalue weighted by molar-refractivity contribution is 5.85. The molecule has 3 fully saturated rings. The third-order valence-corrected chi connectivity index (χ3v) is 5.51. The SMILES string of the molecule is Cl.NC1CCCC(C(=O)N(CC2CCCCC2)C2CC2)C1. The maximum Gasteiger partial charge on any atom is 0.225 e. The van der Waals surface area contributed by atoms with Gasteiger partial charge < -0.3 is 10.6 Å². The van der Waals surface area contributed by atoms with Gasteiger partial charge in [0.25, 0.3) is 0 Å². The Morgan fingerprint density at radius 1 is 0.952 bits per heavy atom. The summed E-state index contributed by atoms with van der Waals surface area (Å²) in [6.45, 7) is 1.04. The fraction of sp³-hybridized carbons (Fsp3) is 0.941. The highest BCUT2D eigenvalue weighted by atomic mass is 35.5. The number of rotatable bonds is 4. The Labute approximate surface area is 135 Å². The maximum absolute atomic E-state index is 12.9. The van der Waals surface area contributed by atoms with E-state index in [9.17, 15) is 4.79 Å². The van der Waals surface area contributed by atoms with E-state index in [1.165, 1.54) is 44.9 Å². The first-order valence-electron chi connectivity index (χ1n) is 8.80. The molecule has 3 aliphatic carbocycles. The van der Waals surface area contributed by atoms with E-state index in [0.29, 0.717) is 11.9 Å².